The predicted octanol–water partition coefficient (Wildman–Crippen LogP) is 2.86. The zero-order valence-corrected chi connectivity index (χ0v) is 13.6. The highest BCUT2D eigenvalue weighted by molar-refractivity contribution is 8.00. The van der Waals surface area contributed by atoms with Crippen LogP contribution in [0.2, 0.25) is 0 Å². The van der Waals surface area contributed by atoms with Crippen molar-refractivity contribution in [3.8, 4) is 0 Å². The van der Waals surface area contributed by atoms with E-state index in [1.807, 2.05) is 43.3 Å². The first-order chi connectivity index (χ1) is 11.1. The molecule has 6 heteroatoms. The molecule has 0 radical (unpaired) electrons. The fourth-order valence-electron chi connectivity index (χ4n) is 2.42. The van der Waals surface area contributed by atoms with Crippen LogP contribution >= 0.6 is 11.8 Å². The van der Waals surface area contributed by atoms with Gasteiger partial charge in [-0.3, -0.25) is 9.59 Å². The van der Waals surface area contributed by atoms with Crippen LogP contribution in [0.3, 0.4) is 0 Å². The predicted molar refractivity (Wildman–Crippen MR) is 91.7 cm³/mol. The molecular formula is C17H17N3O2S. The maximum atomic E-state index is 12.1. The monoisotopic (exact) mass is 327 g/mol. The summed E-state index contributed by atoms with van der Waals surface area (Å²) in [5.74, 6) is 0.877. The van der Waals surface area contributed by atoms with Gasteiger partial charge in [-0.1, -0.05) is 18.2 Å². The second-order valence-corrected chi connectivity index (χ2v) is 6.29. The Kier molecular flexibility index (Phi) is 4.62. The first-order valence-electron chi connectivity index (χ1n) is 7.39. The largest absolute Gasteiger partial charge is 0.310 e. The van der Waals surface area contributed by atoms with Crippen molar-refractivity contribution in [2.45, 2.75) is 18.2 Å². The number of aryl methyl sites for hydroxylation is 1. The molecule has 0 spiro atoms. The van der Waals surface area contributed by atoms with Crippen LogP contribution in [0.5, 0.6) is 0 Å². The van der Waals surface area contributed by atoms with E-state index in [-0.39, 0.29) is 18.2 Å². The van der Waals surface area contributed by atoms with Crippen LogP contribution in [0.1, 0.15) is 12.0 Å². The molecule has 1 aliphatic heterocycles. The quantitative estimate of drug-likeness (QED) is 0.938. The maximum absolute atomic E-state index is 12.1. The lowest BCUT2D eigenvalue weighted by atomic mass is 10.2. The molecule has 2 heterocycles. The van der Waals surface area contributed by atoms with E-state index in [9.17, 15) is 9.59 Å². The number of anilines is 2. The number of pyridine rings is 1. The number of rotatable bonds is 4. The van der Waals surface area contributed by atoms with E-state index < -0.39 is 0 Å². The van der Waals surface area contributed by atoms with Crippen molar-refractivity contribution in [2.75, 3.05) is 22.5 Å². The summed E-state index contributed by atoms with van der Waals surface area (Å²) in [4.78, 5) is 31.2. The molecule has 118 valence electrons. The van der Waals surface area contributed by atoms with E-state index in [4.69, 9.17) is 0 Å². The highest BCUT2D eigenvalue weighted by Gasteiger charge is 2.24. The first kappa shape index (κ1) is 15.6. The van der Waals surface area contributed by atoms with Gasteiger partial charge in [-0.05, 0) is 30.7 Å². The number of fused-ring (bicyclic) bond motifs is 1. The topological polar surface area (TPSA) is 62.3 Å². The van der Waals surface area contributed by atoms with Gasteiger partial charge in [0.25, 0.3) is 0 Å². The fraction of sp³-hybridized carbons (Fsp3) is 0.235. The summed E-state index contributed by atoms with van der Waals surface area (Å²) in [6.07, 6.45) is 1.88. The highest BCUT2D eigenvalue weighted by Crippen LogP contribution is 2.34. The lowest BCUT2D eigenvalue weighted by Crippen LogP contribution is -2.37. The summed E-state index contributed by atoms with van der Waals surface area (Å²) in [6, 6.07) is 11.5. The Morgan fingerprint density at radius 2 is 2.13 bits per heavy atom. The molecule has 2 amide bonds. The lowest BCUT2D eigenvalue weighted by molar-refractivity contribution is -0.117. The van der Waals surface area contributed by atoms with Crippen molar-refractivity contribution in [2.24, 2.45) is 0 Å². The molecule has 0 unspecified atom stereocenters. The average Bonchev–Trinajstić information content (AvgIpc) is 2.56. The van der Waals surface area contributed by atoms with Crippen LogP contribution < -0.4 is 10.2 Å². The van der Waals surface area contributed by atoms with Gasteiger partial charge in [0.05, 0.1) is 11.4 Å². The zero-order chi connectivity index (χ0) is 16.2. The number of para-hydroxylation sites is 1. The minimum absolute atomic E-state index is 0.0375. The van der Waals surface area contributed by atoms with Gasteiger partial charge < -0.3 is 10.2 Å². The van der Waals surface area contributed by atoms with Gasteiger partial charge in [0, 0.05) is 24.1 Å². The van der Waals surface area contributed by atoms with Gasteiger partial charge in [-0.2, -0.15) is 0 Å². The molecule has 0 fully saturated rings. The summed E-state index contributed by atoms with van der Waals surface area (Å²) in [7, 11) is 0. The van der Waals surface area contributed by atoms with E-state index in [2.05, 4.69) is 10.3 Å². The van der Waals surface area contributed by atoms with Crippen LogP contribution in [0, 0.1) is 6.92 Å². The number of nitrogens with one attached hydrogen (secondary N) is 1. The zero-order valence-electron chi connectivity index (χ0n) is 12.8. The van der Waals surface area contributed by atoms with Crippen LogP contribution in [-0.4, -0.2) is 29.1 Å². The van der Waals surface area contributed by atoms with Crippen molar-refractivity contribution >= 4 is 35.1 Å². The summed E-state index contributed by atoms with van der Waals surface area (Å²) >= 11 is 1.54. The van der Waals surface area contributed by atoms with Gasteiger partial charge >= 0.3 is 0 Å². The van der Waals surface area contributed by atoms with Crippen molar-refractivity contribution in [1.29, 1.82) is 0 Å². The normalized spacial score (nSPS) is 13.6. The second-order valence-electron chi connectivity index (χ2n) is 5.27. The highest BCUT2D eigenvalue weighted by atomic mass is 32.2. The molecule has 1 aromatic carbocycles. The lowest BCUT2D eigenvalue weighted by Gasteiger charge is -2.28. The average molecular weight is 327 g/mol. The van der Waals surface area contributed by atoms with Crippen LogP contribution in [0.25, 0.3) is 0 Å². The van der Waals surface area contributed by atoms with E-state index in [0.29, 0.717) is 18.1 Å². The smallest absolute Gasteiger partial charge is 0.237 e. The molecule has 0 aliphatic carbocycles. The Morgan fingerprint density at radius 1 is 1.30 bits per heavy atom. The number of hydrogen-bond acceptors (Lipinski definition) is 4. The second kappa shape index (κ2) is 6.83. The van der Waals surface area contributed by atoms with Crippen molar-refractivity contribution in [1.82, 2.24) is 4.98 Å². The molecule has 0 saturated carbocycles. The van der Waals surface area contributed by atoms with Gasteiger partial charge in [0.15, 0.2) is 0 Å². The Bertz CT molecular complexity index is 748. The molecule has 1 aliphatic rings. The summed E-state index contributed by atoms with van der Waals surface area (Å²) in [5.41, 5.74) is 1.80. The fourth-order valence-corrected chi connectivity index (χ4v) is 3.36. The summed E-state index contributed by atoms with van der Waals surface area (Å²) in [6.45, 7) is 2.26. The number of nitrogens with zero attached hydrogens (tertiary/aromatic N) is 2. The number of thioether (sulfide) groups is 1. The molecular weight excluding hydrogens is 310 g/mol. The van der Waals surface area contributed by atoms with Crippen molar-refractivity contribution < 1.29 is 9.59 Å². The molecule has 3 rings (SSSR count). The van der Waals surface area contributed by atoms with Gasteiger partial charge in [0.2, 0.25) is 11.8 Å². The number of carbonyl (C=O) groups is 2. The minimum Gasteiger partial charge on any atom is -0.310 e. The standard InChI is InChI=1S/C17H17N3O2S/c1-12-5-4-9-18-17(12)19-15(21)8-10-20-13-6-2-3-7-14(13)23-11-16(20)22/h2-7,9H,8,10-11H2,1H3,(H,18,19,21). The van der Waals surface area contributed by atoms with E-state index in [1.54, 1.807) is 11.1 Å². The molecule has 0 atom stereocenters. The van der Waals surface area contributed by atoms with E-state index in [0.717, 1.165) is 16.1 Å². The van der Waals surface area contributed by atoms with Crippen LogP contribution in [-0.2, 0) is 9.59 Å². The SMILES string of the molecule is Cc1cccnc1NC(=O)CCN1C(=O)CSc2ccccc21. The Balaban J connectivity index is 1.65. The van der Waals surface area contributed by atoms with Crippen LogP contribution in [0.15, 0.2) is 47.5 Å². The number of carbonyl (C=O) groups excluding carboxylic acids is 2. The van der Waals surface area contributed by atoms with Crippen molar-refractivity contribution in [3.63, 3.8) is 0 Å². The third kappa shape index (κ3) is 3.53. The number of aromatic nitrogens is 1. The number of benzene rings is 1. The minimum atomic E-state index is -0.143. The first-order valence-corrected chi connectivity index (χ1v) is 8.37. The van der Waals surface area contributed by atoms with Gasteiger partial charge in [0.1, 0.15) is 5.82 Å². The molecule has 2 aromatic rings. The Morgan fingerprint density at radius 3 is 2.96 bits per heavy atom. The number of hydrogen-bond donors (Lipinski definition) is 1. The number of amides is 2. The van der Waals surface area contributed by atoms with Crippen LogP contribution in [0.4, 0.5) is 11.5 Å². The Hall–Kier alpha value is -2.34. The molecule has 1 N–H and O–H groups in total. The molecule has 23 heavy (non-hydrogen) atoms. The molecule has 0 saturated heterocycles. The Labute approximate surface area is 139 Å². The molecule has 1 aromatic heterocycles. The third-order valence-electron chi connectivity index (χ3n) is 3.64. The van der Waals surface area contributed by atoms with Gasteiger partial charge in [-0.15, -0.1) is 11.8 Å². The maximum Gasteiger partial charge on any atom is 0.237 e. The summed E-state index contributed by atoms with van der Waals surface area (Å²) < 4.78 is 0. The summed E-state index contributed by atoms with van der Waals surface area (Å²) in [5, 5.41) is 2.80. The molecule has 0 bridgehead atoms. The van der Waals surface area contributed by atoms with Crippen molar-refractivity contribution in [3.05, 3.63) is 48.2 Å². The third-order valence-corrected chi connectivity index (χ3v) is 4.69. The van der Waals surface area contributed by atoms with E-state index >= 15 is 0 Å². The van der Waals surface area contributed by atoms with Gasteiger partial charge in [-0.25, -0.2) is 4.98 Å². The van der Waals surface area contributed by atoms with E-state index in [1.165, 1.54) is 11.8 Å². The molecule has 5 nitrogen and oxygen atoms in total.